The van der Waals surface area contributed by atoms with Crippen molar-refractivity contribution < 1.29 is 77.7 Å². The van der Waals surface area contributed by atoms with Gasteiger partial charge in [-0.25, -0.2) is 27.0 Å². The Balaban J connectivity index is 0.000000949. The molecule has 0 spiro atoms. The Morgan fingerprint density at radius 2 is 1.46 bits per heavy atom. The van der Waals surface area contributed by atoms with Gasteiger partial charge >= 0.3 is 31.9 Å². The lowest BCUT2D eigenvalue weighted by molar-refractivity contribution is -0.193. The molecule has 314 valence electrons. The normalized spacial score (nSPS) is 12.8. The van der Waals surface area contributed by atoms with Crippen molar-refractivity contribution >= 4 is 51.0 Å². The van der Waals surface area contributed by atoms with Gasteiger partial charge in [0, 0.05) is 22.7 Å². The average molecular weight is 870 g/mol. The van der Waals surface area contributed by atoms with Crippen molar-refractivity contribution in [1.29, 1.82) is 5.26 Å². The molecule has 25 heteroatoms. The van der Waals surface area contributed by atoms with Crippen LogP contribution in [0, 0.1) is 24.1 Å². The summed E-state index contributed by atoms with van der Waals surface area (Å²) in [7, 11) is -8.72. The average Bonchev–Trinajstić information content (AvgIpc) is 3.44. The van der Waals surface area contributed by atoms with Crippen LogP contribution in [0.3, 0.4) is 0 Å². The fraction of sp³-hybridized carbons (Fsp3) is 0.452. The number of halogens is 7. The fourth-order valence-electron chi connectivity index (χ4n) is 4.20. The Kier molecular flexibility index (Phi) is 20.2. The van der Waals surface area contributed by atoms with Crippen molar-refractivity contribution in [1.82, 2.24) is 9.62 Å². The van der Waals surface area contributed by atoms with E-state index in [4.69, 9.17) is 45.8 Å². The van der Waals surface area contributed by atoms with E-state index in [0.717, 1.165) is 74.9 Å². The van der Waals surface area contributed by atoms with E-state index in [0.29, 0.717) is 41.1 Å². The monoisotopic (exact) mass is 869 g/mol. The molecule has 0 saturated heterocycles. The van der Waals surface area contributed by atoms with E-state index in [1.54, 1.807) is 31.2 Å². The SMILES string of the molecule is Cc1c(S(=O)(=O)NCP(=O)(O)Oc2ccc(C#N)c(F)c2)sc2ccc(OCCCN(CCCN)CCCCN)cc12.O=C(O)C(F)(F)F.O=C(O)C(F)(F)F. The highest BCUT2D eigenvalue weighted by atomic mass is 32.2. The molecule has 0 bridgehead atoms. The van der Waals surface area contributed by atoms with Gasteiger partial charge in [0.1, 0.15) is 33.9 Å². The molecule has 0 radical (unpaired) electrons. The largest absolute Gasteiger partial charge is 0.494 e. The predicted octanol–water partition coefficient (Wildman–Crippen LogP) is 5.15. The molecule has 0 aliphatic carbocycles. The molecular formula is C31H39F7N5O10PS2. The number of aliphatic carboxylic acids is 2. The molecule has 0 saturated carbocycles. The van der Waals surface area contributed by atoms with E-state index < -0.39 is 54.0 Å². The Bertz CT molecular complexity index is 1940. The number of carbonyl (C=O) groups is 2. The minimum absolute atomic E-state index is 0.00732. The van der Waals surface area contributed by atoms with Crippen molar-refractivity contribution in [2.75, 3.05) is 45.6 Å². The molecular weight excluding hydrogens is 830 g/mol. The third-order valence-corrected chi connectivity index (χ3v) is 11.4. The van der Waals surface area contributed by atoms with Crippen LogP contribution in [-0.4, -0.2) is 98.3 Å². The quantitative estimate of drug-likeness (QED) is 0.0550. The van der Waals surface area contributed by atoms with Crippen molar-refractivity contribution in [2.45, 2.75) is 49.2 Å². The second kappa shape index (κ2) is 22.6. The van der Waals surface area contributed by atoms with Gasteiger partial charge < -0.3 is 40.7 Å². The summed E-state index contributed by atoms with van der Waals surface area (Å²) >= 11 is 1.03. The van der Waals surface area contributed by atoms with E-state index in [1.165, 1.54) is 0 Å². The number of unbranched alkanes of at least 4 members (excludes halogenated alkanes) is 1. The smallest absolute Gasteiger partial charge is 0.490 e. The molecule has 2 aromatic carbocycles. The number of benzene rings is 2. The van der Waals surface area contributed by atoms with Crippen molar-refractivity contribution in [3.05, 3.63) is 53.3 Å². The first kappa shape index (κ1) is 49.9. The first-order chi connectivity index (χ1) is 25.9. The Morgan fingerprint density at radius 3 is 1.98 bits per heavy atom. The van der Waals surface area contributed by atoms with Gasteiger partial charge in [-0.3, -0.25) is 0 Å². The van der Waals surface area contributed by atoms with Crippen molar-refractivity contribution in [3.63, 3.8) is 0 Å². The number of alkyl halides is 6. The molecule has 0 aliphatic heterocycles. The van der Waals surface area contributed by atoms with Crippen molar-refractivity contribution in [2.24, 2.45) is 11.5 Å². The zero-order valence-electron chi connectivity index (χ0n) is 29.4. The van der Waals surface area contributed by atoms with Crippen LogP contribution >= 0.6 is 18.9 Å². The highest BCUT2D eigenvalue weighted by molar-refractivity contribution is 7.92. The van der Waals surface area contributed by atoms with Gasteiger partial charge in [0.25, 0.3) is 10.0 Å². The summed E-state index contributed by atoms with van der Waals surface area (Å²) in [4.78, 5) is 30.3. The summed E-state index contributed by atoms with van der Waals surface area (Å²) in [6.45, 7) is 6.23. The zero-order chi connectivity index (χ0) is 42.9. The maximum Gasteiger partial charge on any atom is 0.490 e. The second-order valence-corrected chi connectivity index (χ2v) is 16.0. The molecule has 56 heavy (non-hydrogen) atoms. The summed E-state index contributed by atoms with van der Waals surface area (Å²) in [5, 5.41) is 23.8. The molecule has 1 heterocycles. The third kappa shape index (κ3) is 17.8. The summed E-state index contributed by atoms with van der Waals surface area (Å²) in [6, 6.07) is 10.0. The highest BCUT2D eigenvalue weighted by Gasteiger charge is 2.39. The summed E-state index contributed by atoms with van der Waals surface area (Å²) in [5.74, 6) is -6.14. The highest BCUT2D eigenvalue weighted by Crippen LogP contribution is 2.43. The van der Waals surface area contributed by atoms with Crippen LogP contribution in [0.25, 0.3) is 10.1 Å². The van der Waals surface area contributed by atoms with E-state index >= 15 is 0 Å². The van der Waals surface area contributed by atoms with Gasteiger partial charge in [0.15, 0.2) is 0 Å². The van der Waals surface area contributed by atoms with Crippen LogP contribution in [0.1, 0.15) is 36.8 Å². The maximum absolute atomic E-state index is 13.8. The first-order valence-corrected chi connectivity index (χ1v) is 20.0. The number of nitrogens with two attached hydrogens (primary N) is 2. The van der Waals surface area contributed by atoms with Gasteiger partial charge in [-0.1, -0.05) is 0 Å². The van der Waals surface area contributed by atoms with E-state index in [-0.39, 0.29) is 15.5 Å². The summed E-state index contributed by atoms with van der Waals surface area (Å²) in [5.41, 5.74) is 11.5. The molecule has 3 aromatic rings. The number of aryl methyl sites for hydroxylation is 1. The number of sulfonamides is 1. The number of hydrogen-bond donors (Lipinski definition) is 6. The maximum atomic E-state index is 13.8. The van der Waals surface area contributed by atoms with Gasteiger partial charge in [0.2, 0.25) is 0 Å². The Labute approximate surface area is 320 Å². The zero-order valence-corrected chi connectivity index (χ0v) is 31.9. The summed E-state index contributed by atoms with van der Waals surface area (Å²) < 4.78 is 130. The number of carboxylic acid groups (broad SMARTS) is 2. The minimum Gasteiger partial charge on any atom is -0.494 e. The molecule has 1 atom stereocenters. The summed E-state index contributed by atoms with van der Waals surface area (Å²) in [6.07, 6.45) is -7.34. The van der Waals surface area contributed by atoms with E-state index in [2.05, 4.69) is 9.62 Å². The minimum atomic E-state index is -5.08. The van der Waals surface area contributed by atoms with Crippen molar-refractivity contribution in [3.8, 4) is 17.6 Å². The number of fused-ring (bicyclic) bond motifs is 1. The topological polar surface area (TPSA) is 256 Å². The number of hydrogen-bond acceptors (Lipinski definition) is 12. The predicted molar refractivity (Wildman–Crippen MR) is 189 cm³/mol. The van der Waals surface area contributed by atoms with Crippen LogP contribution in [0.15, 0.2) is 40.6 Å². The number of ether oxygens (including phenoxy) is 1. The first-order valence-electron chi connectivity index (χ1n) is 16.0. The number of nitrogens with zero attached hydrogens (tertiary/aromatic N) is 2. The Hall–Kier alpha value is -4.08. The molecule has 1 aromatic heterocycles. The number of thiophene rings is 1. The van der Waals surface area contributed by atoms with Gasteiger partial charge in [-0.2, -0.15) is 36.3 Å². The van der Waals surface area contributed by atoms with Crippen LogP contribution < -0.4 is 25.5 Å². The molecule has 0 amide bonds. The molecule has 0 fully saturated rings. The van der Waals surface area contributed by atoms with Crippen LogP contribution in [0.4, 0.5) is 30.7 Å². The number of nitriles is 1. The van der Waals surface area contributed by atoms with Gasteiger partial charge in [0.05, 0.1) is 12.2 Å². The van der Waals surface area contributed by atoms with Crippen LogP contribution in [0.5, 0.6) is 11.5 Å². The Morgan fingerprint density at radius 1 is 0.929 bits per heavy atom. The molecule has 0 aliphatic rings. The molecule has 15 nitrogen and oxygen atoms in total. The van der Waals surface area contributed by atoms with E-state index in [9.17, 15) is 48.6 Å². The number of carboxylic acids is 2. The lowest BCUT2D eigenvalue weighted by atomic mass is 10.2. The molecule has 1 unspecified atom stereocenters. The standard InChI is InChI=1S/C27H37FN5O6PS2.2C2HF3O2/c1-20-24-16-22(38-15-5-14-33(13-4-11-30)12-3-2-10-29)8-9-26(24)41-27(20)42(36,37)32-19-40(34,35)39-23-7-6-21(18-31)25(28)17-23;2*3-2(4,5)1(6)7/h6-9,16-17,32H,2-5,10-15,19,29-30H2,1H3,(H,34,35);2*(H,6,7). The van der Waals surface area contributed by atoms with E-state index in [1.807, 2.05) is 0 Å². The van der Waals surface area contributed by atoms with Crippen LogP contribution in [0.2, 0.25) is 0 Å². The fourth-order valence-corrected chi connectivity index (χ4v) is 8.49. The third-order valence-electron chi connectivity index (χ3n) is 6.85. The van der Waals surface area contributed by atoms with Crippen LogP contribution in [-0.2, 0) is 24.2 Å². The molecule has 3 rings (SSSR count). The van der Waals surface area contributed by atoms with Gasteiger partial charge in [-0.05, 0) is 94.7 Å². The lowest BCUT2D eigenvalue weighted by Gasteiger charge is -2.22. The lowest BCUT2D eigenvalue weighted by Crippen LogP contribution is -2.29. The van der Waals surface area contributed by atoms with Gasteiger partial charge in [-0.15, -0.1) is 11.3 Å². The number of nitrogens with one attached hydrogen (secondary N) is 1. The second-order valence-electron chi connectivity index (χ2n) is 11.2. The number of rotatable bonds is 18. The molecule has 8 N–H and O–H groups in total.